The number of hydrogen-bond donors (Lipinski definition) is 3. The summed E-state index contributed by atoms with van der Waals surface area (Å²) in [7, 11) is -3.16. The number of aromatic nitrogens is 2. The molecule has 1 heterocycles. The molecule has 1 aromatic heterocycles. The number of nitrogens with one attached hydrogen (secondary N) is 3. The molecule has 0 saturated carbocycles. The maximum absolute atomic E-state index is 10.8. The summed E-state index contributed by atoms with van der Waals surface area (Å²) >= 11 is 0. The van der Waals surface area contributed by atoms with Crippen LogP contribution in [0.1, 0.15) is 19.7 Å². The predicted molar refractivity (Wildman–Crippen MR) is 67.6 cm³/mol. The van der Waals surface area contributed by atoms with E-state index in [2.05, 4.69) is 25.6 Å². The number of anilines is 1. The van der Waals surface area contributed by atoms with Crippen molar-refractivity contribution in [1.29, 1.82) is 0 Å². The summed E-state index contributed by atoms with van der Waals surface area (Å²) in [5.41, 5.74) is 0. The zero-order chi connectivity index (χ0) is 13.6. The van der Waals surface area contributed by atoms with Gasteiger partial charge in [-0.2, -0.15) is 0 Å². The monoisotopic (exact) mass is 277 g/mol. The molecule has 3 N–H and O–H groups in total. The SMILES string of the molecule is CC(C)NCc1nnc(NCCNS(C)(=O)=O)o1. The number of hydrogen-bond acceptors (Lipinski definition) is 7. The van der Waals surface area contributed by atoms with E-state index < -0.39 is 10.0 Å². The first kappa shape index (κ1) is 14.9. The molecule has 1 rings (SSSR count). The van der Waals surface area contributed by atoms with Gasteiger partial charge in [-0.3, -0.25) is 0 Å². The summed E-state index contributed by atoms with van der Waals surface area (Å²) in [4.78, 5) is 0. The quantitative estimate of drug-likeness (QED) is 0.551. The third kappa shape index (κ3) is 6.52. The zero-order valence-corrected chi connectivity index (χ0v) is 11.5. The van der Waals surface area contributed by atoms with Crippen molar-refractivity contribution in [2.24, 2.45) is 0 Å². The Morgan fingerprint density at radius 3 is 2.61 bits per heavy atom. The Morgan fingerprint density at radius 1 is 1.28 bits per heavy atom. The number of nitrogens with zero attached hydrogens (tertiary/aromatic N) is 2. The normalized spacial score (nSPS) is 12.0. The van der Waals surface area contributed by atoms with E-state index in [9.17, 15) is 8.42 Å². The van der Waals surface area contributed by atoms with Gasteiger partial charge < -0.3 is 15.1 Å². The van der Waals surface area contributed by atoms with Crippen molar-refractivity contribution in [3.63, 3.8) is 0 Å². The maximum Gasteiger partial charge on any atom is 0.315 e. The lowest BCUT2D eigenvalue weighted by Gasteiger charge is -2.04. The number of rotatable bonds is 8. The summed E-state index contributed by atoms with van der Waals surface area (Å²) in [5, 5.41) is 13.6. The van der Waals surface area contributed by atoms with Crippen LogP contribution in [0.15, 0.2) is 4.42 Å². The smallest absolute Gasteiger partial charge is 0.315 e. The molecule has 18 heavy (non-hydrogen) atoms. The molecule has 0 atom stereocenters. The van der Waals surface area contributed by atoms with Crippen LogP contribution in [-0.4, -0.2) is 44.0 Å². The average Bonchev–Trinajstić information content (AvgIpc) is 2.68. The van der Waals surface area contributed by atoms with Gasteiger partial charge in [-0.25, -0.2) is 13.1 Å². The van der Waals surface area contributed by atoms with E-state index in [0.717, 1.165) is 6.26 Å². The van der Waals surface area contributed by atoms with Crippen LogP contribution < -0.4 is 15.4 Å². The van der Waals surface area contributed by atoms with Gasteiger partial charge in [-0.15, -0.1) is 5.10 Å². The molecule has 0 amide bonds. The minimum absolute atomic E-state index is 0.265. The molecule has 0 aliphatic heterocycles. The van der Waals surface area contributed by atoms with Gasteiger partial charge >= 0.3 is 6.01 Å². The Hall–Kier alpha value is -1.19. The summed E-state index contributed by atoms with van der Waals surface area (Å²) in [5.74, 6) is 0.488. The van der Waals surface area contributed by atoms with Crippen LogP contribution in [0, 0.1) is 0 Å². The number of sulfonamides is 1. The topological polar surface area (TPSA) is 109 Å². The van der Waals surface area contributed by atoms with Gasteiger partial charge in [0.1, 0.15) is 0 Å². The van der Waals surface area contributed by atoms with Crippen molar-refractivity contribution in [2.45, 2.75) is 26.4 Å². The van der Waals surface area contributed by atoms with Crippen LogP contribution >= 0.6 is 0 Å². The van der Waals surface area contributed by atoms with E-state index in [1.165, 1.54) is 0 Å². The molecular weight excluding hydrogens is 258 g/mol. The molecule has 0 saturated heterocycles. The highest BCUT2D eigenvalue weighted by atomic mass is 32.2. The van der Waals surface area contributed by atoms with Crippen molar-refractivity contribution in [3.05, 3.63) is 5.89 Å². The van der Waals surface area contributed by atoms with Gasteiger partial charge in [0.15, 0.2) is 0 Å². The van der Waals surface area contributed by atoms with Crippen molar-refractivity contribution < 1.29 is 12.8 Å². The van der Waals surface area contributed by atoms with Gasteiger partial charge in [0.2, 0.25) is 15.9 Å². The molecule has 8 nitrogen and oxygen atoms in total. The predicted octanol–water partition coefficient (Wildman–Crippen LogP) is -0.471. The van der Waals surface area contributed by atoms with E-state index in [4.69, 9.17) is 4.42 Å². The molecule has 0 aliphatic rings. The van der Waals surface area contributed by atoms with Crippen LogP contribution in [0.5, 0.6) is 0 Å². The Morgan fingerprint density at radius 2 is 2.00 bits per heavy atom. The molecule has 0 bridgehead atoms. The lowest BCUT2D eigenvalue weighted by atomic mass is 10.4. The maximum atomic E-state index is 10.8. The fourth-order valence-corrected chi connectivity index (χ4v) is 1.57. The highest BCUT2D eigenvalue weighted by molar-refractivity contribution is 7.88. The molecule has 0 aliphatic carbocycles. The first-order chi connectivity index (χ1) is 8.37. The van der Waals surface area contributed by atoms with Crippen molar-refractivity contribution in [3.8, 4) is 0 Å². The van der Waals surface area contributed by atoms with Crippen molar-refractivity contribution in [1.82, 2.24) is 20.2 Å². The van der Waals surface area contributed by atoms with E-state index in [1.54, 1.807) is 0 Å². The van der Waals surface area contributed by atoms with E-state index in [0.29, 0.717) is 25.0 Å². The Labute approximate surface area is 107 Å². The molecule has 0 aromatic carbocycles. The van der Waals surface area contributed by atoms with E-state index in [-0.39, 0.29) is 12.6 Å². The lowest BCUT2D eigenvalue weighted by molar-refractivity contribution is 0.458. The first-order valence-corrected chi connectivity index (χ1v) is 7.50. The van der Waals surface area contributed by atoms with E-state index >= 15 is 0 Å². The van der Waals surface area contributed by atoms with Gasteiger partial charge in [-0.05, 0) is 0 Å². The highest BCUT2D eigenvalue weighted by Gasteiger charge is 2.06. The van der Waals surface area contributed by atoms with Gasteiger partial charge in [-0.1, -0.05) is 18.9 Å². The molecule has 0 spiro atoms. The first-order valence-electron chi connectivity index (χ1n) is 5.61. The fraction of sp³-hybridized carbons (Fsp3) is 0.778. The third-order valence-electron chi connectivity index (χ3n) is 1.89. The van der Waals surface area contributed by atoms with Crippen LogP contribution in [0.2, 0.25) is 0 Å². The molecule has 0 radical (unpaired) electrons. The standard InChI is InChI=1S/C9H19N5O3S/c1-7(2)11-6-8-13-14-9(17-8)10-4-5-12-18(3,15)16/h7,11-12H,4-6H2,1-3H3,(H,10,14). The average molecular weight is 277 g/mol. The molecule has 1 aromatic rings. The minimum atomic E-state index is -3.16. The van der Waals surface area contributed by atoms with Gasteiger partial charge in [0.05, 0.1) is 12.8 Å². The third-order valence-corrected chi connectivity index (χ3v) is 2.62. The van der Waals surface area contributed by atoms with Crippen molar-refractivity contribution in [2.75, 3.05) is 24.7 Å². The second kappa shape index (κ2) is 6.66. The summed E-state index contributed by atoms with van der Waals surface area (Å²) in [6.45, 7) is 5.19. The Kier molecular flexibility index (Phi) is 5.51. The highest BCUT2D eigenvalue weighted by Crippen LogP contribution is 2.04. The summed E-state index contributed by atoms with van der Waals surface area (Å²) < 4.78 is 29.2. The van der Waals surface area contributed by atoms with Crippen molar-refractivity contribution >= 4 is 16.0 Å². The second-order valence-corrected chi connectivity index (χ2v) is 5.96. The zero-order valence-electron chi connectivity index (χ0n) is 10.7. The largest absolute Gasteiger partial charge is 0.407 e. The molecular formula is C9H19N5O3S. The molecule has 104 valence electrons. The molecule has 9 heteroatoms. The Balaban J connectivity index is 2.27. The van der Waals surface area contributed by atoms with E-state index in [1.807, 2.05) is 13.8 Å². The van der Waals surface area contributed by atoms with Crippen LogP contribution in [0.3, 0.4) is 0 Å². The summed E-state index contributed by atoms with van der Waals surface area (Å²) in [6, 6.07) is 0.623. The van der Waals surface area contributed by atoms with Crippen LogP contribution in [0.4, 0.5) is 6.01 Å². The Bertz CT molecular complexity index is 457. The second-order valence-electron chi connectivity index (χ2n) is 4.13. The fourth-order valence-electron chi connectivity index (χ4n) is 1.09. The lowest BCUT2D eigenvalue weighted by Crippen LogP contribution is -2.27. The summed E-state index contributed by atoms with van der Waals surface area (Å²) in [6.07, 6.45) is 1.11. The van der Waals surface area contributed by atoms with Gasteiger partial charge in [0, 0.05) is 19.1 Å². The molecule has 0 unspecified atom stereocenters. The van der Waals surface area contributed by atoms with Gasteiger partial charge in [0.25, 0.3) is 0 Å². The van der Waals surface area contributed by atoms with Crippen LogP contribution in [0.25, 0.3) is 0 Å². The minimum Gasteiger partial charge on any atom is -0.407 e. The van der Waals surface area contributed by atoms with Crippen LogP contribution in [-0.2, 0) is 16.6 Å². The molecule has 0 fully saturated rings.